The van der Waals surface area contributed by atoms with Gasteiger partial charge in [-0.05, 0) is 0 Å². The van der Waals surface area contributed by atoms with Crippen molar-refractivity contribution in [2.75, 3.05) is 0 Å². The van der Waals surface area contributed by atoms with E-state index in [4.69, 9.17) is 28.0 Å². The summed E-state index contributed by atoms with van der Waals surface area (Å²) in [7, 11) is -5.70. The first kappa shape index (κ1) is 22.4. The van der Waals surface area contributed by atoms with E-state index in [-0.39, 0.29) is 22.5 Å². The Morgan fingerprint density at radius 1 is 0.600 bits per heavy atom. The van der Waals surface area contributed by atoms with Gasteiger partial charge in [0.2, 0.25) is 0 Å². The van der Waals surface area contributed by atoms with Crippen molar-refractivity contribution in [2.24, 2.45) is 0 Å². The van der Waals surface area contributed by atoms with Crippen molar-refractivity contribution >= 4 is 0 Å². The SMILES string of the molecule is O.[Fe+2].[O-][Cl+2]([O-])[O-].[O-][Cl+2]([O-])[O-]. The van der Waals surface area contributed by atoms with Crippen LogP contribution in [0.4, 0.5) is 0 Å². The van der Waals surface area contributed by atoms with Crippen molar-refractivity contribution in [3.05, 3.63) is 0 Å². The van der Waals surface area contributed by atoms with E-state index >= 15 is 0 Å². The quantitative estimate of drug-likeness (QED) is 0.381. The Hall–Kier alpha value is 0.819. The van der Waals surface area contributed by atoms with E-state index in [2.05, 4.69) is 0 Å². The molecule has 0 aromatic carbocycles. The van der Waals surface area contributed by atoms with Gasteiger partial charge in [0, 0.05) is 0 Å². The zero-order valence-corrected chi connectivity index (χ0v) is 6.68. The van der Waals surface area contributed by atoms with E-state index in [0.717, 1.165) is 0 Å². The molecule has 0 unspecified atom stereocenters. The van der Waals surface area contributed by atoms with Gasteiger partial charge < -0.3 is 33.4 Å². The van der Waals surface area contributed by atoms with Gasteiger partial charge in [-0.25, -0.2) is 0 Å². The number of hydrogen-bond donors (Lipinski definition) is 0. The van der Waals surface area contributed by atoms with Crippen LogP contribution >= 0.6 is 0 Å². The molecule has 0 aliphatic rings. The molecule has 0 saturated carbocycles. The van der Waals surface area contributed by atoms with E-state index in [1.54, 1.807) is 0 Å². The van der Waals surface area contributed by atoms with Gasteiger partial charge in [-0.1, -0.05) is 0 Å². The minimum Gasteiger partial charge on any atom is -0.412 e. The summed E-state index contributed by atoms with van der Waals surface area (Å²) >= 11 is 0. The molecule has 0 fully saturated rings. The van der Waals surface area contributed by atoms with Crippen molar-refractivity contribution in [1.29, 1.82) is 0 Å². The fourth-order valence-electron chi connectivity index (χ4n) is 0. The van der Waals surface area contributed by atoms with Crippen LogP contribution in [0.2, 0.25) is 0 Å². The van der Waals surface area contributed by atoms with Gasteiger partial charge in [-0.2, -0.15) is 0 Å². The zero-order chi connectivity index (χ0) is 7.15. The van der Waals surface area contributed by atoms with Crippen LogP contribution in [0.5, 0.6) is 0 Å². The average molecular weight is 241 g/mol. The summed E-state index contributed by atoms with van der Waals surface area (Å²) < 4.78 is 50.4. The topological polar surface area (TPSA) is 170 Å². The number of rotatable bonds is 0. The average Bonchev–Trinajstić information content (AvgIpc) is 1.25. The molecule has 0 aliphatic carbocycles. The normalized spacial score (nSPS) is 7.20. The van der Waals surface area contributed by atoms with Crippen molar-refractivity contribution < 1.29 is 72.1 Å². The molecule has 10 heavy (non-hydrogen) atoms. The molecule has 2 N–H and O–H groups in total. The third-order valence-electron chi connectivity index (χ3n) is 0. The number of halogens is 2. The molecule has 0 saturated heterocycles. The molecule has 0 bridgehead atoms. The van der Waals surface area contributed by atoms with Gasteiger partial charge >= 0.3 is 17.1 Å². The smallest absolute Gasteiger partial charge is 0.412 e. The fourth-order valence-corrected chi connectivity index (χ4v) is 0. The van der Waals surface area contributed by atoms with Crippen LogP contribution in [0.3, 0.4) is 0 Å². The summed E-state index contributed by atoms with van der Waals surface area (Å²) in [5.41, 5.74) is 0. The van der Waals surface area contributed by atoms with Crippen LogP contribution in [0, 0.1) is 21.6 Å². The minimum absolute atomic E-state index is 0. The first-order chi connectivity index (χ1) is 3.46. The molecule has 10 heteroatoms. The molecule has 0 amide bonds. The molecule has 0 heterocycles. The molecular weight excluding hydrogens is 239 g/mol. The zero-order valence-electron chi connectivity index (χ0n) is 4.06. The maximum absolute atomic E-state index is 8.41. The Morgan fingerprint density at radius 3 is 0.600 bits per heavy atom. The number of hydrogen-bond acceptors (Lipinski definition) is 6. The van der Waals surface area contributed by atoms with E-state index < -0.39 is 21.6 Å². The molecule has 0 rings (SSSR count). The van der Waals surface area contributed by atoms with Crippen LogP contribution in [0.25, 0.3) is 0 Å². The van der Waals surface area contributed by atoms with Crippen LogP contribution in [0.15, 0.2) is 0 Å². The van der Waals surface area contributed by atoms with E-state index in [1.165, 1.54) is 0 Å². The maximum Gasteiger partial charge on any atom is 2.00 e. The molecule has 0 aliphatic heterocycles. The van der Waals surface area contributed by atoms with Crippen LogP contribution in [-0.2, 0) is 17.1 Å². The van der Waals surface area contributed by atoms with Crippen LogP contribution in [0.1, 0.15) is 0 Å². The largest absolute Gasteiger partial charge is 2.00 e. The van der Waals surface area contributed by atoms with E-state index in [0.29, 0.717) is 0 Å². The van der Waals surface area contributed by atoms with Crippen molar-refractivity contribution in [3.63, 3.8) is 0 Å². The Balaban J connectivity index is -0.0000000300. The maximum atomic E-state index is 8.41. The Morgan fingerprint density at radius 2 is 0.600 bits per heavy atom. The first-order valence-electron chi connectivity index (χ1n) is 0.926. The van der Waals surface area contributed by atoms with Gasteiger partial charge in [-0.15, -0.1) is 0 Å². The summed E-state index contributed by atoms with van der Waals surface area (Å²) in [4.78, 5) is 0. The van der Waals surface area contributed by atoms with Crippen molar-refractivity contribution in [1.82, 2.24) is 0 Å². The Labute approximate surface area is 72.5 Å². The molecule has 66 valence electrons. The monoisotopic (exact) mass is 240 g/mol. The molecule has 0 aromatic heterocycles. The second-order valence-electron chi connectivity index (χ2n) is 0.378. The van der Waals surface area contributed by atoms with E-state index in [1.807, 2.05) is 0 Å². The summed E-state index contributed by atoms with van der Waals surface area (Å²) in [5.74, 6) is 0. The van der Waals surface area contributed by atoms with Crippen LogP contribution < -0.4 is 28.0 Å². The molecule has 0 atom stereocenters. The van der Waals surface area contributed by atoms with Gasteiger partial charge in [-0.3, -0.25) is 0 Å². The molecule has 0 aromatic rings. The van der Waals surface area contributed by atoms with Gasteiger partial charge in [0.15, 0.2) is 0 Å². The van der Waals surface area contributed by atoms with Gasteiger partial charge in [0.05, 0.1) is 21.6 Å². The summed E-state index contributed by atoms with van der Waals surface area (Å²) in [6, 6.07) is 0. The standard InChI is InChI=1S/2ClO3.Fe.H2O/c2*2-1(3)4;;/h;;;1H2/q2*-1;+2;. The second kappa shape index (κ2) is 16.4. The third kappa shape index (κ3) is 803. The van der Waals surface area contributed by atoms with Crippen molar-refractivity contribution in [3.8, 4) is 0 Å². The van der Waals surface area contributed by atoms with Gasteiger partial charge in [0.25, 0.3) is 0 Å². The molecular formula is H2Cl2FeO7. The first-order valence-corrected chi connectivity index (χ1v) is 2.78. The molecule has 7 nitrogen and oxygen atoms in total. The summed E-state index contributed by atoms with van der Waals surface area (Å²) in [6.07, 6.45) is 0. The van der Waals surface area contributed by atoms with Crippen molar-refractivity contribution in [2.45, 2.75) is 0 Å². The molecule has 0 radical (unpaired) electrons. The summed E-state index contributed by atoms with van der Waals surface area (Å²) in [5, 5.41) is 0. The predicted octanol–water partition coefficient (Wildman–Crippen LogP) is -7.96. The molecule has 0 spiro atoms. The fraction of sp³-hybridized carbons (Fsp3) is 0. The van der Waals surface area contributed by atoms with Crippen LogP contribution in [-0.4, -0.2) is 5.48 Å². The minimum atomic E-state index is -2.85. The van der Waals surface area contributed by atoms with E-state index in [9.17, 15) is 0 Å². The second-order valence-corrected chi connectivity index (χ2v) is 1.13. The predicted molar refractivity (Wildman–Crippen MR) is 3.61 cm³/mol. The Bertz CT molecular complexity index is 27.1. The van der Waals surface area contributed by atoms with Gasteiger partial charge in [0.1, 0.15) is 0 Å². The Kier molecular flexibility index (Phi) is 36.8. The summed E-state index contributed by atoms with van der Waals surface area (Å²) in [6.45, 7) is 0. The third-order valence-corrected chi connectivity index (χ3v) is 0.